The van der Waals surface area contributed by atoms with Crippen molar-refractivity contribution in [3.63, 3.8) is 0 Å². The smallest absolute Gasteiger partial charge is 0.119 e. The van der Waals surface area contributed by atoms with E-state index in [9.17, 15) is 0 Å². The first-order valence-corrected chi connectivity index (χ1v) is 6.17. The summed E-state index contributed by atoms with van der Waals surface area (Å²) < 4.78 is 5.21. The highest BCUT2D eigenvalue weighted by Gasteiger charge is 2.06. The number of anilines is 1. The van der Waals surface area contributed by atoms with Gasteiger partial charge in [-0.15, -0.1) is 0 Å². The predicted octanol–water partition coefficient (Wildman–Crippen LogP) is 4.18. The van der Waals surface area contributed by atoms with Crippen molar-refractivity contribution in [3.05, 3.63) is 59.7 Å². The fraction of sp³-hybridized carbons (Fsp3) is 0.250. The second kappa shape index (κ2) is 5.58. The van der Waals surface area contributed by atoms with Crippen LogP contribution in [0.3, 0.4) is 0 Å². The fourth-order valence-electron chi connectivity index (χ4n) is 1.98. The normalized spacial score (nSPS) is 11.9. The monoisotopic (exact) mass is 241 g/mol. The van der Waals surface area contributed by atoms with E-state index in [2.05, 4.69) is 49.5 Å². The first-order valence-electron chi connectivity index (χ1n) is 6.17. The number of nitrogens with one attached hydrogen (secondary N) is 1. The van der Waals surface area contributed by atoms with Crippen LogP contribution in [0.4, 0.5) is 5.69 Å². The van der Waals surface area contributed by atoms with Crippen molar-refractivity contribution in [2.75, 3.05) is 12.4 Å². The van der Waals surface area contributed by atoms with Gasteiger partial charge in [0.25, 0.3) is 0 Å². The van der Waals surface area contributed by atoms with Crippen LogP contribution in [0.5, 0.6) is 5.75 Å². The quantitative estimate of drug-likeness (QED) is 0.867. The Kier molecular flexibility index (Phi) is 3.88. The predicted molar refractivity (Wildman–Crippen MR) is 76.2 cm³/mol. The summed E-state index contributed by atoms with van der Waals surface area (Å²) in [5.74, 6) is 0.894. The van der Waals surface area contributed by atoms with Gasteiger partial charge in [-0.05, 0) is 43.2 Å². The van der Waals surface area contributed by atoms with Crippen LogP contribution >= 0.6 is 0 Å². The van der Waals surface area contributed by atoms with E-state index >= 15 is 0 Å². The van der Waals surface area contributed by atoms with Gasteiger partial charge in [0.15, 0.2) is 0 Å². The molecular formula is C16H19NO. The van der Waals surface area contributed by atoms with Gasteiger partial charge in [0.05, 0.1) is 7.11 Å². The van der Waals surface area contributed by atoms with E-state index in [1.165, 1.54) is 11.1 Å². The number of hydrogen-bond donors (Lipinski definition) is 1. The molecule has 0 unspecified atom stereocenters. The maximum Gasteiger partial charge on any atom is 0.119 e. The minimum atomic E-state index is 0.290. The average Bonchev–Trinajstić information content (AvgIpc) is 2.42. The van der Waals surface area contributed by atoms with Crippen LogP contribution in [0.1, 0.15) is 24.1 Å². The van der Waals surface area contributed by atoms with Crippen LogP contribution in [0.2, 0.25) is 0 Å². The Bertz CT molecular complexity index is 508. The van der Waals surface area contributed by atoms with E-state index < -0.39 is 0 Å². The number of ether oxygens (including phenoxy) is 1. The van der Waals surface area contributed by atoms with Crippen LogP contribution < -0.4 is 10.1 Å². The highest BCUT2D eigenvalue weighted by atomic mass is 16.5. The molecule has 0 radical (unpaired) electrons. The molecule has 2 nitrogen and oxygen atoms in total. The van der Waals surface area contributed by atoms with Crippen molar-refractivity contribution in [1.29, 1.82) is 0 Å². The molecular weight excluding hydrogens is 222 g/mol. The van der Waals surface area contributed by atoms with Gasteiger partial charge in [0, 0.05) is 11.7 Å². The number of hydrogen-bond acceptors (Lipinski definition) is 2. The molecule has 0 fully saturated rings. The Morgan fingerprint density at radius 3 is 2.39 bits per heavy atom. The summed E-state index contributed by atoms with van der Waals surface area (Å²) in [5, 5.41) is 3.52. The number of aryl methyl sites for hydroxylation is 1. The van der Waals surface area contributed by atoms with E-state index in [1.54, 1.807) is 7.11 Å². The van der Waals surface area contributed by atoms with E-state index in [-0.39, 0.29) is 0 Å². The van der Waals surface area contributed by atoms with Crippen LogP contribution in [-0.2, 0) is 0 Å². The lowest BCUT2D eigenvalue weighted by molar-refractivity contribution is 0.414. The van der Waals surface area contributed by atoms with Crippen molar-refractivity contribution in [2.45, 2.75) is 19.9 Å². The third kappa shape index (κ3) is 2.83. The summed E-state index contributed by atoms with van der Waals surface area (Å²) in [7, 11) is 1.69. The van der Waals surface area contributed by atoms with E-state index in [1.807, 2.05) is 18.2 Å². The van der Waals surface area contributed by atoms with Crippen LogP contribution in [0.15, 0.2) is 48.5 Å². The number of benzene rings is 2. The van der Waals surface area contributed by atoms with Crippen LogP contribution in [0, 0.1) is 6.92 Å². The Morgan fingerprint density at radius 1 is 1.06 bits per heavy atom. The molecule has 1 atom stereocenters. The molecule has 0 aliphatic rings. The number of methoxy groups -OCH3 is 1. The second-order valence-corrected chi connectivity index (χ2v) is 4.46. The maximum atomic E-state index is 5.21. The maximum absolute atomic E-state index is 5.21. The Morgan fingerprint density at radius 2 is 1.78 bits per heavy atom. The lowest BCUT2D eigenvalue weighted by Gasteiger charge is -2.17. The van der Waals surface area contributed by atoms with Crippen molar-refractivity contribution in [1.82, 2.24) is 0 Å². The van der Waals surface area contributed by atoms with Crippen LogP contribution in [-0.4, -0.2) is 7.11 Å². The van der Waals surface area contributed by atoms with Gasteiger partial charge in [0.2, 0.25) is 0 Å². The molecule has 0 bridgehead atoms. The highest BCUT2D eigenvalue weighted by Crippen LogP contribution is 2.25. The molecule has 1 N–H and O–H groups in total. The first-order chi connectivity index (χ1) is 8.70. The molecule has 94 valence electrons. The first kappa shape index (κ1) is 12.5. The minimum absolute atomic E-state index is 0.290. The number of rotatable bonds is 4. The zero-order valence-corrected chi connectivity index (χ0v) is 11.1. The van der Waals surface area contributed by atoms with Crippen molar-refractivity contribution in [3.8, 4) is 5.75 Å². The summed E-state index contributed by atoms with van der Waals surface area (Å²) in [6.07, 6.45) is 0. The minimum Gasteiger partial charge on any atom is -0.497 e. The molecule has 0 aromatic heterocycles. The van der Waals surface area contributed by atoms with Gasteiger partial charge < -0.3 is 10.1 Å². The Hall–Kier alpha value is -1.96. The van der Waals surface area contributed by atoms with E-state index in [0.29, 0.717) is 6.04 Å². The van der Waals surface area contributed by atoms with Gasteiger partial charge in [-0.1, -0.05) is 30.3 Å². The molecule has 0 spiro atoms. The molecule has 2 heteroatoms. The summed E-state index contributed by atoms with van der Waals surface area (Å²) in [4.78, 5) is 0. The molecule has 2 rings (SSSR count). The van der Waals surface area contributed by atoms with Crippen molar-refractivity contribution >= 4 is 5.69 Å². The van der Waals surface area contributed by atoms with Crippen molar-refractivity contribution in [2.24, 2.45) is 0 Å². The van der Waals surface area contributed by atoms with Gasteiger partial charge in [0.1, 0.15) is 5.75 Å². The summed E-state index contributed by atoms with van der Waals surface area (Å²) in [5.41, 5.74) is 3.62. The van der Waals surface area contributed by atoms with Gasteiger partial charge >= 0.3 is 0 Å². The van der Waals surface area contributed by atoms with Gasteiger partial charge in [-0.25, -0.2) is 0 Å². The summed E-state index contributed by atoms with van der Waals surface area (Å²) in [6, 6.07) is 16.8. The zero-order valence-electron chi connectivity index (χ0n) is 11.1. The van der Waals surface area contributed by atoms with Crippen LogP contribution in [0.25, 0.3) is 0 Å². The standard InChI is InChI=1S/C16H19NO/c1-12-11-15(18-3)9-10-16(12)17-13(2)14-7-5-4-6-8-14/h4-11,13,17H,1-3H3/t13-/m1/s1. The molecule has 2 aromatic carbocycles. The zero-order chi connectivity index (χ0) is 13.0. The molecule has 18 heavy (non-hydrogen) atoms. The summed E-state index contributed by atoms with van der Waals surface area (Å²) in [6.45, 7) is 4.25. The molecule has 0 heterocycles. The molecule has 0 saturated carbocycles. The van der Waals surface area contributed by atoms with Crippen molar-refractivity contribution < 1.29 is 4.74 Å². The summed E-state index contributed by atoms with van der Waals surface area (Å²) >= 11 is 0. The van der Waals surface area contributed by atoms with E-state index in [0.717, 1.165) is 11.4 Å². The Labute approximate surface area is 109 Å². The lowest BCUT2D eigenvalue weighted by atomic mass is 10.1. The Balaban J connectivity index is 2.14. The SMILES string of the molecule is COc1ccc(N[C@H](C)c2ccccc2)c(C)c1. The van der Waals surface area contributed by atoms with Gasteiger partial charge in [-0.3, -0.25) is 0 Å². The third-order valence-electron chi connectivity index (χ3n) is 3.11. The molecule has 2 aromatic rings. The second-order valence-electron chi connectivity index (χ2n) is 4.46. The molecule has 0 aliphatic heterocycles. The average molecular weight is 241 g/mol. The third-order valence-corrected chi connectivity index (χ3v) is 3.11. The molecule has 0 saturated heterocycles. The molecule has 0 amide bonds. The lowest BCUT2D eigenvalue weighted by Crippen LogP contribution is -2.07. The molecule has 0 aliphatic carbocycles. The van der Waals surface area contributed by atoms with E-state index in [4.69, 9.17) is 4.74 Å². The fourth-order valence-corrected chi connectivity index (χ4v) is 1.98. The van der Waals surface area contributed by atoms with Gasteiger partial charge in [-0.2, -0.15) is 0 Å². The topological polar surface area (TPSA) is 21.3 Å². The largest absolute Gasteiger partial charge is 0.497 e. The highest BCUT2D eigenvalue weighted by molar-refractivity contribution is 5.54.